The van der Waals surface area contributed by atoms with Crippen molar-refractivity contribution in [2.75, 3.05) is 26.7 Å². The Morgan fingerprint density at radius 1 is 1.35 bits per heavy atom. The highest BCUT2D eigenvalue weighted by Crippen LogP contribution is 2.26. The Morgan fingerprint density at radius 2 is 2.10 bits per heavy atom. The molecule has 2 N–H and O–H groups in total. The molecule has 20 heavy (non-hydrogen) atoms. The number of benzene rings is 1. The highest BCUT2D eigenvalue weighted by Gasteiger charge is 2.33. The molecule has 0 amide bonds. The summed E-state index contributed by atoms with van der Waals surface area (Å²) in [5.41, 5.74) is 7.41. The van der Waals surface area contributed by atoms with E-state index in [1.807, 2.05) is 7.11 Å². The van der Waals surface area contributed by atoms with Gasteiger partial charge in [0, 0.05) is 26.2 Å². The first-order valence-corrected chi connectivity index (χ1v) is 7.70. The molecule has 0 spiro atoms. The number of nitrogens with zero attached hydrogens (tertiary/aromatic N) is 1. The zero-order valence-corrected chi connectivity index (χ0v) is 12.8. The van der Waals surface area contributed by atoms with Crippen molar-refractivity contribution in [2.24, 2.45) is 5.73 Å². The molecule has 2 rings (SSSR count). The maximum atomic E-state index is 6.02. The molecule has 1 aromatic rings. The smallest absolute Gasteiger partial charge is 0.0777 e. The Hall–Kier alpha value is -0.900. The first-order chi connectivity index (χ1) is 9.67. The van der Waals surface area contributed by atoms with E-state index in [2.05, 4.69) is 42.2 Å². The molecule has 2 unspecified atom stereocenters. The highest BCUT2D eigenvalue weighted by atomic mass is 16.5. The van der Waals surface area contributed by atoms with Gasteiger partial charge in [-0.2, -0.15) is 0 Å². The van der Waals surface area contributed by atoms with Gasteiger partial charge in [-0.05, 0) is 44.7 Å². The molecule has 2 atom stereocenters. The van der Waals surface area contributed by atoms with Crippen LogP contribution in [0.15, 0.2) is 30.3 Å². The molecule has 1 aliphatic rings. The number of likely N-dealkylation sites (tertiary alicyclic amines) is 1. The molecule has 1 saturated heterocycles. The largest absolute Gasteiger partial charge is 0.377 e. The van der Waals surface area contributed by atoms with Gasteiger partial charge in [0.1, 0.15) is 0 Å². The molecule has 3 nitrogen and oxygen atoms in total. The molecule has 1 aliphatic heterocycles. The summed E-state index contributed by atoms with van der Waals surface area (Å²) in [6.07, 6.45) is 4.57. The lowest BCUT2D eigenvalue weighted by molar-refractivity contribution is -0.0610. The Kier molecular flexibility index (Phi) is 5.58. The molecule has 0 aliphatic carbocycles. The minimum absolute atomic E-state index is 0.00157. The van der Waals surface area contributed by atoms with E-state index in [0.29, 0.717) is 6.04 Å². The quantitative estimate of drug-likeness (QED) is 0.867. The van der Waals surface area contributed by atoms with Crippen LogP contribution in [-0.2, 0) is 11.2 Å². The van der Waals surface area contributed by atoms with Crippen LogP contribution in [0.4, 0.5) is 0 Å². The van der Waals surface area contributed by atoms with Gasteiger partial charge in [0.25, 0.3) is 0 Å². The molecule has 112 valence electrons. The topological polar surface area (TPSA) is 38.5 Å². The first kappa shape index (κ1) is 15.5. The number of nitrogens with two attached hydrogens (primary N) is 1. The Balaban J connectivity index is 1.91. The van der Waals surface area contributed by atoms with Gasteiger partial charge in [0.2, 0.25) is 0 Å². The molecule has 1 aromatic carbocycles. The number of aryl methyl sites for hydroxylation is 1. The summed E-state index contributed by atoms with van der Waals surface area (Å²) in [5.74, 6) is 0. The second kappa shape index (κ2) is 7.21. The predicted octanol–water partition coefficient (Wildman–Crippen LogP) is 2.45. The third kappa shape index (κ3) is 4.05. The van der Waals surface area contributed by atoms with Crippen LogP contribution in [0.2, 0.25) is 0 Å². The number of piperidine rings is 1. The number of methoxy groups -OCH3 is 1. The van der Waals surface area contributed by atoms with E-state index in [0.717, 1.165) is 38.9 Å². The van der Waals surface area contributed by atoms with E-state index in [9.17, 15) is 0 Å². The van der Waals surface area contributed by atoms with Crippen molar-refractivity contribution in [3.63, 3.8) is 0 Å². The maximum Gasteiger partial charge on any atom is 0.0777 e. The maximum absolute atomic E-state index is 6.02. The average Bonchev–Trinajstić information content (AvgIpc) is 2.49. The van der Waals surface area contributed by atoms with Gasteiger partial charge >= 0.3 is 0 Å². The summed E-state index contributed by atoms with van der Waals surface area (Å²) < 4.78 is 5.68. The molecule has 0 bridgehead atoms. The van der Waals surface area contributed by atoms with Crippen LogP contribution in [0.5, 0.6) is 0 Å². The van der Waals surface area contributed by atoms with Gasteiger partial charge in [0.15, 0.2) is 0 Å². The molecule has 3 heteroatoms. The van der Waals surface area contributed by atoms with E-state index in [-0.39, 0.29) is 5.60 Å². The van der Waals surface area contributed by atoms with Crippen LogP contribution < -0.4 is 5.73 Å². The van der Waals surface area contributed by atoms with Gasteiger partial charge in [-0.25, -0.2) is 0 Å². The second-order valence-corrected chi connectivity index (χ2v) is 6.14. The molecule has 0 radical (unpaired) electrons. The van der Waals surface area contributed by atoms with Crippen LogP contribution >= 0.6 is 0 Å². The Labute approximate surface area is 123 Å². The van der Waals surface area contributed by atoms with E-state index < -0.39 is 0 Å². The van der Waals surface area contributed by atoms with E-state index in [1.54, 1.807) is 0 Å². The van der Waals surface area contributed by atoms with Crippen molar-refractivity contribution < 1.29 is 4.74 Å². The average molecular weight is 276 g/mol. The number of hydrogen-bond donors (Lipinski definition) is 1. The molecule has 0 aromatic heterocycles. The summed E-state index contributed by atoms with van der Waals surface area (Å²) >= 11 is 0. The van der Waals surface area contributed by atoms with Crippen LogP contribution in [0, 0.1) is 0 Å². The van der Waals surface area contributed by atoms with Crippen molar-refractivity contribution in [1.82, 2.24) is 4.90 Å². The van der Waals surface area contributed by atoms with Gasteiger partial charge in [-0.1, -0.05) is 30.3 Å². The third-order valence-electron chi connectivity index (χ3n) is 4.58. The second-order valence-electron chi connectivity index (χ2n) is 6.14. The standard InChI is InChI=1S/C17H28N2O/c1-17(20-2)11-6-12-19(14-17)16(13-18)10-9-15-7-4-3-5-8-15/h3-5,7-8,16H,6,9-14,18H2,1-2H3. The summed E-state index contributed by atoms with van der Waals surface area (Å²) in [7, 11) is 1.82. The normalized spacial score (nSPS) is 25.6. The number of hydrogen-bond acceptors (Lipinski definition) is 3. The lowest BCUT2D eigenvalue weighted by Gasteiger charge is -2.43. The molecule has 0 saturated carbocycles. The Morgan fingerprint density at radius 3 is 2.75 bits per heavy atom. The van der Waals surface area contributed by atoms with Crippen molar-refractivity contribution in [1.29, 1.82) is 0 Å². The molecular formula is C17H28N2O. The van der Waals surface area contributed by atoms with Crippen LogP contribution in [-0.4, -0.2) is 43.3 Å². The SMILES string of the molecule is COC1(C)CCCN(C(CN)CCc2ccccc2)C1. The fourth-order valence-electron chi connectivity index (χ4n) is 3.15. The summed E-state index contributed by atoms with van der Waals surface area (Å²) in [6, 6.07) is 11.1. The number of ether oxygens (including phenoxy) is 1. The van der Waals surface area contributed by atoms with Crippen LogP contribution in [0.1, 0.15) is 31.7 Å². The summed E-state index contributed by atoms with van der Waals surface area (Å²) in [4.78, 5) is 2.52. The monoisotopic (exact) mass is 276 g/mol. The molecule has 1 heterocycles. The fourth-order valence-corrected chi connectivity index (χ4v) is 3.15. The molecule has 1 fully saturated rings. The van der Waals surface area contributed by atoms with E-state index in [1.165, 1.54) is 12.0 Å². The first-order valence-electron chi connectivity index (χ1n) is 7.70. The predicted molar refractivity (Wildman–Crippen MR) is 83.8 cm³/mol. The van der Waals surface area contributed by atoms with Crippen molar-refractivity contribution in [3.8, 4) is 0 Å². The Bertz CT molecular complexity index is 395. The zero-order chi connectivity index (χ0) is 14.4. The van der Waals surface area contributed by atoms with Gasteiger partial charge < -0.3 is 10.5 Å². The van der Waals surface area contributed by atoms with Gasteiger partial charge in [0.05, 0.1) is 5.60 Å². The fraction of sp³-hybridized carbons (Fsp3) is 0.647. The van der Waals surface area contributed by atoms with Crippen molar-refractivity contribution in [3.05, 3.63) is 35.9 Å². The van der Waals surface area contributed by atoms with Crippen LogP contribution in [0.25, 0.3) is 0 Å². The lowest BCUT2D eigenvalue weighted by Crippen LogP contribution is -2.53. The van der Waals surface area contributed by atoms with E-state index >= 15 is 0 Å². The summed E-state index contributed by atoms with van der Waals surface area (Å²) in [6.45, 7) is 5.09. The minimum Gasteiger partial charge on any atom is -0.377 e. The third-order valence-corrected chi connectivity index (χ3v) is 4.58. The van der Waals surface area contributed by atoms with Crippen molar-refractivity contribution >= 4 is 0 Å². The number of rotatable bonds is 6. The summed E-state index contributed by atoms with van der Waals surface area (Å²) in [5, 5.41) is 0. The van der Waals surface area contributed by atoms with Gasteiger partial charge in [-0.15, -0.1) is 0 Å². The minimum atomic E-state index is -0.00157. The van der Waals surface area contributed by atoms with E-state index in [4.69, 9.17) is 10.5 Å². The van der Waals surface area contributed by atoms with Gasteiger partial charge in [-0.3, -0.25) is 4.90 Å². The van der Waals surface area contributed by atoms with Crippen LogP contribution in [0.3, 0.4) is 0 Å². The lowest BCUT2D eigenvalue weighted by atomic mass is 9.92. The zero-order valence-electron chi connectivity index (χ0n) is 12.8. The highest BCUT2D eigenvalue weighted by molar-refractivity contribution is 5.14. The molecular weight excluding hydrogens is 248 g/mol. The van der Waals surface area contributed by atoms with Crippen molar-refractivity contribution in [2.45, 2.75) is 44.2 Å².